The molecule has 0 spiro atoms. The van der Waals surface area contributed by atoms with Crippen molar-refractivity contribution in [2.45, 2.75) is 6.54 Å². The lowest BCUT2D eigenvalue weighted by Gasteiger charge is -2.07. The molecule has 7 heteroatoms. The van der Waals surface area contributed by atoms with Crippen LogP contribution < -0.4 is 14.2 Å². The molecule has 0 bridgehead atoms. The molecule has 7 nitrogen and oxygen atoms in total. The lowest BCUT2D eigenvalue weighted by atomic mass is 10.2. The highest BCUT2D eigenvalue weighted by Crippen LogP contribution is 2.30. The highest BCUT2D eigenvalue weighted by atomic mass is 16.5. The van der Waals surface area contributed by atoms with Crippen molar-refractivity contribution in [3.63, 3.8) is 0 Å². The average molecular weight is 326 g/mol. The molecule has 0 atom stereocenters. The maximum absolute atomic E-state index is 5.63. The lowest BCUT2D eigenvalue weighted by molar-refractivity contribution is 0.280. The molecule has 0 aliphatic carbocycles. The normalized spacial score (nSPS) is 10.4. The minimum atomic E-state index is 0.464. The molecule has 2 aromatic carbocycles. The lowest BCUT2D eigenvalue weighted by Crippen LogP contribution is -2.11. The second-order valence-electron chi connectivity index (χ2n) is 4.94. The number of aromatic nitrogens is 4. The van der Waals surface area contributed by atoms with E-state index in [0.717, 1.165) is 11.3 Å². The Balaban J connectivity index is 1.65. The number of nitrogens with zero attached hydrogens (tertiary/aromatic N) is 4. The number of para-hydroxylation sites is 1. The van der Waals surface area contributed by atoms with E-state index >= 15 is 0 Å². The van der Waals surface area contributed by atoms with Crippen molar-refractivity contribution in [3.05, 3.63) is 48.5 Å². The van der Waals surface area contributed by atoms with E-state index in [1.54, 1.807) is 14.2 Å². The quantitative estimate of drug-likeness (QED) is 0.664. The molecule has 3 rings (SSSR count). The van der Waals surface area contributed by atoms with Crippen LogP contribution in [-0.2, 0) is 6.54 Å². The summed E-state index contributed by atoms with van der Waals surface area (Å²) in [6.45, 7) is 0.973. The van der Waals surface area contributed by atoms with Crippen LogP contribution in [0.4, 0.5) is 0 Å². The van der Waals surface area contributed by atoms with Gasteiger partial charge in [-0.1, -0.05) is 18.2 Å². The smallest absolute Gasteiger partial charge is 0.205 e. The van der Waals surface area contributed by atoms with Crippen LogP contribution in [0.5, 0.6) is 17.2 Å². The van der Waals surface area contributed by atoms with E-state index in [2.05, 4.69) is 15.4 Å². The molecule has 0 radical (unpaired) electrons. The number of methoxy groups -OCH3 is 2. The fourth-order valence-corrected chi connectivity index (χ4v) is 2.19. The maximum Gasteiger partial charge on any atom is 0.205 e. The van der Waals surface area contributed by atoms with E-state index in [9.17, 15) is 0 Å². The molecule has 124 valence electrons. The Morgan fingerprint density at radius 3 is 2.50 bits per heavy atom. The number of rotatable bonds is 7. The first-order chi connectivity index (χ1) is 11.8. The monoisotopic (exact) mass is 326 g/mol. The summed E-state index contributed by atoms with van der Waals surface area (Å²) in [5, 5.41) is 12.5. The van der Waals surface area contributed by atoms with Gasteiger partial charge in [0.25, 0.3) is 0 Å². The second-order valence-corrected chi connectivity index (χ2v) is 4.94. The largest absolute Gasteiger partial charge is 0.493 e. The topological polar surface area (TPSA) is 71.3 Å². The van der Waals surface area contributed by atoms with Crippen molar-refractivity contribution in [2.24, 2.45) is 0 Å². The minimum Gasteiger partial charge on any atom is -0.493 e. The standard InChI is InChI=1S/C17H18N4O3/c1-22-15-9-8-13(12-16(15)23-2)17-18-20-21(19-17)10-11-24-14-6-4-3-5-7-14/h3-9,12H,10-11H2,1-2H3. The van der Waals surface area contributed by atoms with Crippen LogP contribution in [0.15, 0.2) is 48.5 Å². The van der Waals surface area contributed by atoms with Crippen molar-refractivity contribution < 1.29 is 14.2 Å². The van der Waals surface area contributed by atoms with Crippen LogP contribution in [0, 0.1) is 0 Å². The summed E-state index contributed by atoms with van der Waals surface area (Å²) >= 11 is 0. The average Bonchev–Trinajstić information content (AvgIpc) is 3.11. The van der Waals surface area contributed by atoms with Gasteiger partial charge in [-0.15, -0.1) is 10.2 Å². The minimum absolute atomic E-state index is 0.464. The zero-order valence-corrected chi connectivity index (χ0v) is 13.5. The highest BCUT2D eigenvalue weighted by molar-refractivity contribution is 5.60. The Labute approximate surface area is 139 Å². The number of hydrogen-bond donors (Lipinski definition) is 0. The van der Waals surface area contributed by atoms with Crippen molar-refractivity contribution in [3.8, 4) is 28.6 Å². The van der Waals surface area contributed by atoms with E-state index in [1.807, 2.05) is 48.5 Å². The van der Waals surface area contributed by atoms with Crippen LogP contribution in [0.2, 0.25) is 0 Å². The summed E-state index contributed by atoms with van der Waals surface area (Å²) < 4.78 is 16.1. The van der Waals surface area contributed by atoms with Gasteiger partial charge in [-0.2, -0.15) is 4.80 Å². The van der Waals surface area contributed by atoms with Crippen LogP contribution >= 0.6 is 0 Å². The van der Waals surface area contributed by atoms with E-state index in [1.165, 1.54) is 4.80 Å². The molecular weight excluding hydrogens is 308 g/mol. The summed E-state index contributed by atoms with van der Waals surface area (Å²) in [6, 6.07) is 15.1. The van der Waals surface area contributed by atoms with Gasteiger partial charge >= 0.3 is 0 Å². The van der Waals surface area contributed by atoms with Gasteiger partial charge in [-0.3, -0.25) is 0 Å². The van der Waals surface area contributed by atoms with Crippen molar-refractivity contribution >= 4 is 0 Å². The van der Waals surface area contributed by atoms with Gasteiger partial charge in [0.05, 0.1) is 20.8 Å². The third-order valence-electron chi connectivity index (χ3n) is 3.40. The van der Waals surface area contributed by atoms with E-state index in [-0.39, 0.29) is 0 Å². The molecule has 0 amide bonds. The van der Waals surface area contributed by atoms with Crippen LogP contribution in [-0.4, -0.2) is 41.0 Å². The molecule has 0 saturated carbocycles. The molecular formula is C17H18N4O3. The zero-order valence-electron chi connectivity index (χ0n) is 13.5. The Morgan fingerprint density at radius 2 is 1.75 bits per heavy atom. The molecule has 1 aromatic heterocycles. The molecule has 0 aliphatic heterocycles. The molecule has 0 aliphatic rings. The second kappa shape index (κ2) is 7.45. The Hall–Kier alpha value is -3.09. The molecule has 0 fully saturated rings. The van der Waals surface area contributed by atoms with Crippen molar-refractivity contribution in [1.29, 1.82) is 0 Å². The molecule has 0 N–H and O–H groups in total. The van der Waals surface area contributed by atoms with E-state index in [0.29, 0.717) is 30.5 Å². The first kappa shape index (κ1) is 15.8. The molecule has 1 heterocycles. The summed E-state index contributed by atoms with van der Waals surface area (Å²) in [5.41, 5.74) is 0.808. The summed E-state index contributed by atoms with van der Waals surface area (Å²) in [4.78, 5) is 1.51. The van der Waals surface area contributed by atoms with Gasteiger partial charge in [0, 0.05) is 5.56 Å². The van der Waals surface area contributed by atoms with Gasteiger partial charge in [0.15, 0.2) is 11.5 Å². The number of tetrazole rings is 1. The predicted molar refractivity (Wildman–Crippen MR) is 88.3 cm³/mol. The first-order valence-electron chi connectivity index (χ1n) is 7.48. The van der Waals surface area contributed by atoms with Crippen LogP contribution in [0.25, 0.3) is 11.4 Å². The zero-order chi connectivity index (χ0) is 16.8. The van der Waals surface area contributed by atoms with Gasteiger partial charge in [-0.05, 0) is 35.5 Å². The summed E-state index contributed by atoms with van der Waals surface area (Å²) in [5.74, 6) is 2.62. The number of benzene rings is 2. The Kier molecular flexibility index (Phi) is 4.90. The van der Waals surface area contributed by atoms with Gasteiger partial charge in [-0.25, -0.2) is 0 Å². The predicted octanol–water partition coefficient (Wildman–Crippen LogP) is 2.44. The van der Waals surface area contributed by atoms with Crippen molar-refractivity contribution in [1.82, 2.24) is 20.2 Å². The van der Waals surface area contributed by atoms with E-state index < -0.39 is 0 Å². The molecule has 0 unspecified atom stereocenters. The third kappa shape index (κ3) is 3.62. The third-order valence-corrected chi connectivity index (χ3v) is 3.40. The Bertz CT molecular complexity index is 790. The highest BCUT2D eigenvalue weighted by Gasteiger charge is 2.10. The number of ether oxygens (including phenoxy) is 3. The van der Waals surface area contributed by atoms with Gasteiger partial charge < -0.3 is 14.2 Å². The summed E-state index contributed by atoms with van der Waals surface area (Å²) in [7, 11) is 3.19. The Morgan fingerprint density at radius 1 is 0.958 bits per heavy atom. The van der Waals surface area contributed by atoms with Crippen molar-refractivity contribution in [2.75, 3.05) is 20.8 Å². The number of hydrogen-bond acceptors (Lipinski definition) is 6. The molecule has 3 aromatic rings. The fraction of sp³-hybridized carbons (Fsp3) is 0.235. The SMILES string of the molecule is COc1ccc(-c2nnn(CCOc3ccccc3)n2)cc1OC. The molecule has 0 saturated heterocycles. The maximum atomic E-state index is 5.63. The van der Waals surface area contributed by atoms with Crippen LogP contribution in [0.3, 0.4) is 0 Å². The van der Waals surface area contributed by atoms with Crippen LogP contribution in [0.1, 0.15) is 0 Å². The van der Waals surface area contributed by atoms with Gasteiger partial charge in [0.1, 0.15) is 12.4 Å². The van der Waals surface area contributed by atoms with Gasteiger partial charge in [0.2, 0.25) is 5.82 Å². The van der Waals surface area contributed by atoms with E-state index in [4.69, 9.17) is 14.2 Å². The molecule has 24 heavy (non-hydrogen) atoms. The first-order valence-corrected chi connectivity index (χ1v) is 7.48. The summed E-state index contributed by atoms with van der Waals surface area (Å²) in [6.07, 6.45) is 0. The fourth-order valence-electron chi connectivity index (χ4n) is 2.19.